The third kappa shape index (κ3) is 18.3. The van der Waals surface area contributed by atoms with Crippen LogP contribution in [-0.2, 0) is 42.3 Å². The lowest BCUT2D eigenvalue weighted by molar-refractivity contribution is 0.883. The summed E-state index contributed by atoms with van der Waals surface area (Å²) in [6.07, 6.45) is 13.0. The lowest BCUT2D eigenvalue weighted by atomic mass is 9.94. The zero-order valence-corrected chi connectivity index (χ0v) is 65.8. The van der Waals surface area contributed by atoms with Crippen LogP contribution in [0.15, 0.2) is 322 Å². The van der Waals surface area contributed by atoms with E-state index in [0.717, 1.165) is 0 Å². The van der Waals surface area contributed by atoms with Crippen LogP contribution in [0.1, 0.15) is 62.0 Å². The smallest absolute Gasteiger partial charge is 0.0225 e. The highest BCUT2D eigenvalue weighted by atomic mass is 14.9. The van der Waals surface area contributed by atoms with Gasteiger partial charge in [-0.3, -0.25) is 0 Å². The Morgan fingerprint density at radius 2 is 0.523 bits per heavy atom. The summed E-state index contributed by atoms with van der Waals surface area (Å²) in [5, 5.41) is 0. The fourth-order valence-electron chi connectivity index (χ4n) is 14.3. The third-order valence-corrected chi connectivity index (χ3v) is 20.8. The highest BCUT2D eigenvalue weighted by molar-refractivity contribution is 5.87. The van der Waals surface area contributed by atoms with Crippen molar-refractivity contribution in [3.63, 3.8) is 0 Å². The van der Waals surface area contributed by atoms with E-state index in [1.165, 1.54) is 173 Å². The fourth-order valence-corrected chi connectivity index (χ4v) is 14.3. The first-order chi connectivity index (χ1) is 51.6. The SMILES string of the molecule is Cc1c(-c2ccccc2)c(-c2ccccc2)cn1C.Cc1c(-c2ccccc2-c2ccccc2)ccn1C.Cc1cc(-c2cccc(-c3ccccc3)c2)cn1C.Cc1cc(-c2ccccc2-c2ccccc2)cn1C.Cc1cc(C)c(-c2ccn(C)c2C)c(C)c1.Cc1cccc(C)c1-c1cc(C)n(C)c1. The molecule has 6 heteroatoms. The summed E-state index contributed by atoms with van der Waals surface area (Å²) >= 11 is 0. The zero-order chi connectivity index (χ0) is 75.8. The molecule has 0 amide bonds. The number of hydrogen-bond acceptors (Lipinski definition) is 0. The van der Waals surface area contributed by atoms with Gasteiger partial charge < -0.3 is 27.4 Å². The molecule has 0 bridgehead atoms. The van der Waals surface area contributed by atoms with Gasteiger partial charge in [-0.15, -0.1) is 0 Å². The molecule has 0 unspecified atom stereocenters. The van der Waals surface area contributed by atoms with E-state index in [4.69, 9.17) is 0 Å². The second-order valence-electron chi connectivity index (χ2n) is 28.5. The van der Waals surface area contributed by atoms with Crippen molar-refractivity contribution in [1.82, 2.24) is 27.4 Å². The minimum absolute atomic E-state index is 1.26. The summed E-state index contributed by atoms with van der Waals surface area (Å²) in [5.41, 5.74) is 40.5. The van der Waals surface area contributed by atoms with Gasteiger partial charge in [0, 0.05) is 147 Å². The van der Waals surface area contributed by atoms with E-state index < -0.39 is 0 Å². The Hall–Kier alpha value is -12.1. The number of hydrogen-bond donors (Lipinski definition) is 0. The van der Waals surface area contributed by atoms with Crippen LogP contribution in [0, 0.1) is 76.2 Å². The maximum Gasteiger partial charge on any atom is 0.0225 e. The molecule has 0 aliphatic heterocycles. The molecule has 538 valence electrons. The Morgan fingerprint density at radius 3 is 0.953 bits per heavy atom. The summed E-state index contributed by atoms with van der Waals surface area (Å²) in [6, 6.07) is 101. The molecule has 0 radical (unpaired) electrons. The normalized spacial score (nSPS) is 10.7. The standard InChI is InChI=1S/4C18H17N.C15H19N.C14H17N/c1-14-18(16-11-7-4-8-12-16)17(13-19(14)2)15-9-5-3-6-10-15;1-14-12-16(13-19(14)2)18-11-7-6-10-17(18)15-8-4-3-5-9-15;1-14-16(12-13-19(14)2)18-11-7-6-10-17(18)15-8-4-3-5-9-15;1-14-11-18(13-19(14)2)17-10-6-9-16(12-17)15-7-4-3-5-8-15;1-10-8-11(2)15(12(3)9-10)14-6-7-16(5)13(14)4;1-10-6-5-7-11(2)14(10)13-8-12(3)15(4)9-13/h4*3-13H,1-2H3;6-9H,1-5H3;5-9H,1-4H3. The Kier molecular flexibility index (Phi) is 24.9. The summed E-state index contributed by atoms with van der Waals surface area (Å²) < 4.78 is 13.0. The van der Waals surface area contributed by atoms with E-state index in [-0.39, 0.29) is 0 Å². The van der Waals surface area contributed by atoms with Gasteiger partial charge in [0.1, 0.15) is 0 Å². The van der Waals surface area contributed by atoms with Gasteiger partial charge in [-0.25, -0.2) is 0 Å². The monoisotopic (exact) mass is 1400 g/mol. The quantitative estimate of drug-likeness (QED) is 0.131. The molecule has 6 heterocycles. The van der Waals surface area contributed by atoms with Crippen molar-refractivity contribution in [3.05, 3.63) is 384 Å². The molecule has 10 aromatic carbocycles. The first kappa shape index (κ1) is 76.0. The van der Waals surface area contributed by atoms with Crippen molar-refractivity contribution in [2.24, 2.45) is 42.3 Å². The minimum atomic E-state index is 1.26. The van der Waals surface area contributed by atoms with Gasteiger partial charge in [-0.05, 0) is 213 Å². The Bertz CT molecular complexity index is 5470. The van der Waals surface area contributed by atoms with Gasteiger partial charge >= 0.3 is 0 Å². The molecular formula is C101H104N6. The first-order valence-corrected chi connectivity index (χ1v) is 37.1. The Morgan fingerprint density at radius 1 is 0.178 bits per heavy atom. The molecule has 6 nitrogen and oxygen atoms in total. The molecule has 0 saturated carbocycles. The van der Waals surface area contributed by atoms with Crippen molar-refractivity contribution < 1.29 is 0 Å². The molecule has 0 saturated heterocycles. The van der Waals surface area contributed by atoms with Crippen molar-refractivity contribution in [1.29, 1.82) is 0 Å². The maximum absolute atomic E-state index is 2.26. The molecule has 0 N–H and O–H groups in total. The molecule has 107 heavy (non-hydrogen) atoms. The van der Waals surface area contributed by atoms with Crippen molar-refractivity contribution in [3.8, 4) is 111 Å². The van der Waals surface area contributed by atoms with Crippen molar-refractivity contribution in [2.45, 2.75) is 76.2 Å². The number of aromatic nitrogens is 6. The lowest BCUT2D eigenvalue weighted by Gasteiger charge is -2.11. The molecule has 16 aromatic rings. The van der Waals surface area contributed by atoms with E-state index in [0.29, 0.717) is 0 Å². The van der Waals surface area contributed by atoms with Gasteiger partial charge in [0.05, 0.1) is 0 Å². The lowest BCUT2D eigenvalue weighted by Crippen LogP contribution is -1.93. The van der Waals surface area contributed by atoms with E-state index in [9.17, 15) is 0 Å². The number of rotatable bonds is 10. The number of aryl methyl sites for hydroxylation is 14. The van der Waals surface area contributed by atoms with Crippen LogP contribution in [0.4, 0.5) is 0 Å². The highest BCUT2D eigenvalue weighted by Crippen LogP contribution is 2.39. The van der Waals surface area contributed by atoms with Crippen LogP contribution >= 0.6 is 0 Å². The molecule has 0 atom stereocenters. The molecular weight excluding hydrogens is 1300 g/mol. The average molecular weight is 1400 g/mol. The van der Waals surface area contributed by atoms with E-state index in [2.05, 4.69) is 462 Å². The van der Waals surface area contributed by atoms with Crippen LogP contribution in [0.3, 0.4) is 0 Å². The van der Waals surface area contributed by atoms with Crippen LogP contribution in [0.2, 0.25) is 0 Å². The highest BCUT2D eigenvalue weighted by Gasteiger charge is 2.17. The summed E-state index contributed by atoms with van der Waals surface area (Å²) in [5.74, 6) is 0. The summed E-state index contributed by atoms with van der Waals surface area (Å²) in [6.45, 7) is 23.8. The minimum Gasteiger partial charge on any atom is -0.354 e. The largest absolute Gasteiger partial charge is 0.354 e. The molecule has 16 rings (SSSR count). The van der Waals surface area contributed by atoms with E-state index >= 15 is 0 Å². The molecule has 0 aliphatic carbocycles. The van der Waals surface area contributed by atoms with Crippen LogP contribution < -0.4 is 0 Å². The zero-order valence-electron chi connectivity index (χ0n) is 65.8. The van der Waals surface area contributed by atoms with Gasteiger partial charge in [-0.1, -0.05) is 254 Å². The van der Waals surface area contributed by atoms with E-state index in [1.807, 2.05) is 6.07 Å². The third-order valence-electron chi connectivity index (χ3n) is 20.8. The summed E-state index contributed by atoms with van der Waals surface area (Å²) in [7, 11) is 12.5. The molecule has 0 spiro atoms. The predicted molar refractivity (Wildman–Crippen MR) is 459 cm³/mol. The van der Waals surface area contributed by atoms with Crippen molar-refractivity contribution in [2.75, 3.05) is 0 Å². The van der Waals surface area contributed by atoms with Crippen molar-refractivity contribution >= 4 is 0 Å². The average Bonchev–Trinajstić information content (AvgIpc) is 1.31. The molecule has 0 fully saturated rings. The Labute approximate surface area is 637 Å². The number of benzene rings is 10. The Balaban J connectivity index is 0.000000128. The van der Waals surface area contributed by atoms with Gasteiger partial charge in [0.25, 0.3) is 0 Å². The van der Waals surface area contributed by atoms with Crippen LogP contribution in [0.25, 0.3) is 111 Å². The predicted octanol–water partition coefficient (Wildman–Crippen LogP) is 26.2. The second-order valence-corrected chi connectivity index (χ2v) is 28.5. The number of nitrogens with zero attached hydrogens (tertiary/aromatic N) is 6. The topological polar surface area (TPSA) is 29.6 Å². The van der Waals surface area contributed by atoms with Crippen LogP contribution in [-0.4, -0.2) is 27.4 Å². The molecule has 6 aromatic heterocycles. The first-order valence-electron chi connectivity index (χ1n) is 37.1. The fraction of sp³-hybridized carbons (Fsp3) is 0.168. The maximum atomic E-state index is 2.26. The summed E-state index contributed by atoms with van der Waals surface area (Å²) in [4.78, 5) is 0. The second kappa shape index (κ2) is 35.1. The molecule has 0 aliphatic rings. The van der Waals surface area contributed by atoms with Gasteiger partial charge in [0.15, 0.2) is 0 Å². The van der Waals surface area contributed by atoms with Gasteiger partial charge in [-0.2, -0.15) is 0 Å². The van der Waals surface area contributed by atoms with Gasteiger partial charge in [0.2, 0.25) is 0 Å². The van der Waals surface area contributed by atoms with Crippen LogP contribution in [0.5, 0.6) is 0 Å². The van der Waals surface area contributed by atoms with E-state index in [1.54, 1.807) is 0 Å².